The first kappa shape index (κ1) is 9.51. The van der Waals surface area contributed by atoms with E-state index in [1.54, 1.807) is 0 Å². The summed E-state index contributed by atoms with van der Waals surface area (Å²) in [7, 11) is 0. The Kier molecular flexibility index (Phi) is 3.26. The number of nitrogens with zero attached hydrogens (tertiary/aromatic N) is 1. The monoisotopic (exact) mass is 181 g/mol. The van der Waals surface area contributed by atoms with Crippen LogP contribution in [0.5, 0.6) is 0 Å². The third-order valence-electron chi connectivity index (χ3n) is 3.92. The van der Waals surface area contributed by atoms with Gasteiger partial charge in [0.15, 0.2) is 0 Å². The fraction of sp³-hybridized carbons (Fsp3) is 1.00. The highest BCUT2D eigenvalue weighted by Gasteiger charge is 2.34. The van der Waals surface area contributed by atoms with Crippen molar-refractivity contribution in [2.75, 3.05) is 13.1 Å². The van der Waals surface area contributed by atoms with Crippen LogP contribution in [0.25, 0.3) is 0 Å². The van der Waals surface area contributed by atoms with Crippen LogP contribution in [-0.2, 0) is 0 Å². The van der Waals surface area contributed by atoms with E-state index in [4.69, 9.17) is 0 Å². The standard InChI is InChI=1S/C12H23N/c1-2-3-9-13-10-8-11-6-4-5-7-12(11)13/h11-12H,2-10H2,1H3/t11-,12-/m1/s1. The van der Waals surface area contributed by atoms with Gasteiger partial charge in [0.25, 0.3) is 0 Å². The van der Waals surface area contributed by atoms with Crippen LogP contribution < -0.4 is 0 Å². The summed E-state index contributed by atoms with van der Waals surface area (Å²) in [6, 6.07) is 0.986. The van der Waals surface area contributed by atoms with E-state index >= 15 is 0 Å². The van der Waals surface area contributed by atoms with Crippen LogP contribution in [0.4, 0.5) is 0 Å². The molecule has 13 heavy (non-hydrogen) atoms. The number of hydrogen-bond acceptors (Lipinski definition) is 1. The van der Waals surface area contributed by atoms with Crippen molar-refractivity contribution in [3.8, 4) is 0 Å². The Balaban J connectivity index is 1.84. The third-order valence-corrected chi connectivity index (χ3v) is 3.92. The van der Waals surface area contributed by atoms with Crippen molar-refractivity contribution < 1.29 is 0 Å². The Bertz CT molecular complexity index is 155. The summed E-state index contributed by atoms with van der Waals surface area (Å²) in [4.78, 5) is 2.77. The summed E-state index contributed by atoms with van der Waals surface area (Å²) in [5, 5.41) is 0. The average molecular weight is 181 g/mol. The van der Waals surface area contributed by atoms with Gasteiger partial charge in [-0.15, -0.1) is 0 Å². The molecule has 0 radical (unpaired) electrons. The van der Waals surface area contributed by atoms with Crippen molar-refractivity contribution in [2.45, 2.75) is 57.9 Å². The van der Waals surface area contributed by atoms with E-state index in [0.717, 1.165) is 12.0 Å². The van der Waals surface area contributed by atoms with Gasteiger partial charge in [-0.1, -0.05) is 26.2 Å². The molecule has 1 heteroatoms. The summed E-state index contributed by atoms with van der Waals surface area (Å²) in [6.45, 7) is 5.07. The van der Waals surface area contributed by atoms with E-state index in [9.17, 15) is 0 Å². The van der Waals surface area contributed by atoms with Crippen molar-refractivity contribution in [1.29, 1.82) is 0 Å². The Morgan fingerprint density at radius 2 is 2.00 bits per heavy atom. The molecule has 2 rings (SSSR count). The highest BCUT2D eigenvalue weighted by atomic mass is 15.2. The quantitative estimate of drug-likeness (QED) is 0.647. The molecule has 2 aliphatic rings. The number of unbranched alkanes of at least 4 members (excludes halogenated alkanes) is 1. The van der Waals surface area contributed by atoms with Gasteiger partial charge in [-0.05, 0) is 44.7 Å². The predicted molar refractivity (Wildman–Crippen MR) is 56.8 cm³/mol. The van der Waals surface area contributed by atoms with E-state index in [0.29, 0.717) is 0 Å². The molecule has 0 aromatic heterocycles. The van der Waals surface area contributed by atoms with Crippen LogP contribution in [0.1, 0.15) is 51.9 Å². The molecule has 0 N–H and O–H groups in total. The van der Waals surface area contributed by atoms with Crippen LogP contribution in [0.15, 0.2) is 0 Å². The fourth-order valence-corrected chi connectivity index (χ4v) is 3.14. The lowest BCUT2D eigenvalue weighted by atomic mass is 9.85. The highest BCUT2D eigenvalue weighted by Crippen LogP contribution is 2.35. The lowest BCUT2D eigenvalue weighted by molar-refractivity contribution is 0.180. The van der Waals surface area contributed by atoms with Gasteiger partial charge in [-0.3, -0.25) is 0 Å². The maximum atomic E-state index is 2.77. The van der Waals surface area contributed by atoms with Gasteiger partial charge in [0.2, 0.25) is 0 Å². The molecule has 2 atom stereocenters. The van der Waals surface area contributed by atoms with E-state index in [-0.39, 0.29) is 0 Å². The minimum absolute atomic E-state index is 0.986. The van der Waals surface area contributed by atoms with Crippen molar-refractivity contribution >= 4 is 0 Å². The lowest BCUT2D eigenvalue weighted by Crippen LogP contribution is -2.35. The van der Waals surface area contributed by atoms with Crippen molar-refractivity contribution in [3.63, 3.8) is 0 Å². The van der Waals surface area contributed by atoms with Crippen LogP contribution >= 0.6 is 0 Å². The van der Waals surface area contributed by atoms with Crippen LogP contribution in [0.3, 0.4) is 0 Å². The van der Waals surface area contributed by atoms with E-state index < -0.39 is 0 Å². The molecule has 1 saturated heterocycles. The molecule has 1 aliphatic heterocycles. The second-order valence-electron chi connectivity index (χ2n) is 4.79. The summed E-state index contributed by atoms with van der Waals surface area (Å²) in [5.41, 5.74) is 0. The predicted octanol–water partition coefficient (Wildman–Crippen LogP) is 3.05. The average Bonchev–Trinajstić information content (AvgIpc) is 2.58. The maximum Gasteiger partial charge on any atom is 0.0124 e. The second kappa shape index (κ2) is 4.45. The minimum atomic E-state index is 0.986. The first-order chi connectivity index (χ1) is 6.42. The molecular weight excluding hydrogens is 158 g/mol. The zero-order valence-electron chi connectivity index (χ0n) is 8.97. The molecule has 0 aromatic carbocycles. The van der Waals surface area contributed by atoms with Gasteiger partial charge < -0.3 is 4.90 Å². The first-order valence-electron chi connectivity index (χ1n) is 6.16. The molecule has 0 unspecified atom stereocenters. The molecule has 0 bridgehead atoms. The van der Waals surface area contributed by atoms with Crippen molar-refractivity contribution in [1.82, 2.24) is 4.90 Å². The van der Waals surface area contributed by atoms with Gasteiger partial charge in [-0.2, -0.15) is 0 Å². The molecule has 1 aliphatic carbocycles. The minimum Gasteiger partial charge on any atom is -0.300 e. The van der Waals surface area contributed by atoms with Crippen LogP contribution in [-0.4, -0.2) is 24.0 Å². The van der Waals surface area contributed by atoms with Gasteiger partial charge in [0.05, 0.1) is 0 Å². The third kappa shape index (κ3) is 2.07. The molecule has 1 heterocycles. The smallest absolute Gasteiger partial charge is 0.0124 e. The number of hydrogen-bond donors (Lipinski definition) is 0. The number of likely N-dealkylation sites (tertiary alicyclic amines) is 1. The van der Waals surface area contributed by atoms with Crippen molar-refractivity contribution in [2.24, 2.45) is 5.92 Å². The van der Waals surface area contributed by atoms with Gasteiger partial charge in [0, 0.05) is 6.04 Å². The van der Waals surface area contributed by atoms with Gasteiger partial charge >= 0.3 is 0 Å². The second-order valence-corrected chi connectivity index (χ2v) is 4.79. The molecule has 2 fully saturated rings. The normalized spacial score (nSPS) is 34.8. The fourth-order valence-electron chi connectivity index (χ4n) is 3.14. The van der Waals surface area contributed by atoms with E-state index in [2.05, 4.69) is 11.8 Å². The zero-order valence-corrected chi connectivity index (χ0v) is 8.97. The summed E-state index contributed by atoms with van der Waals surface area (Å²) < 4.78 is 0. The molecular formula is C12H23N. The highest BCUT2D eigenvalue weighted by molar-refractivity contribution is 4.89. The Morgan fingerprint density at radius 1 is 1.15 bits per heavy atom. The number of rotatable bonds is 3. The maximum absolute atomic E-state index is 2.77. The Morgan fingerprint density at radius 3 is 2.85 bits per heavy atom. The van der Waals surface area contributed by atoms with E-state index in [1.165, 1.54) is 58.0 Å². The van der Waals surface area contributed by atoms with E-state index in [1.807, 2.05) is 0 Å². The Labute approximate surface area is 82.5 Å². The summed E-state index contributed by atoms with van der Waals surface area (Å²) in [5.74, 6) is 1.07. The molecule has 0 aromatic rings. The molecule has 0 spiro atoms. The van der Waals surface area contributed by atoms with Crippen molar-refractivity contribution in [3.05, 3.63) is 0 Å². The molecule has 1 nitrogen and oxygen atoms in total. The zero-order chi connectivity index (χ0) is 9.10. The molecule has 1 saturated carbocycles. The summed E-state index contributed by atoms with van der Waals surface area (Å²) >= 11 is 0. The molecule has 76 valence electrons. The topological polar surface area (TPSA) is 3.24 Å². The lowest BCUT2D eigenvalue weighted by Gasteiger charge is -2.31. The first-order valence-corrected chi connectivity index (χ1v) is 6.16. The summed E-state index contributed by atoms with van der Waals surface area (Å²) in [6.07, 6.45) is 10.3. The van der Waals surface area contributed by atoms with Gasteiger partial charge in [-0.25, -0.2) is 0 Å². The number of fused-ring (bicyclic) bond motifs is 1. The Hall–Kier alpha value is -0.0400. The largest absolute Gasteiger partial charge is 0.300 e. The molecule has 0 amide bonds. The van der Waals surface area contributed by atoms with Crippen LogP contribution in [0, 0.1) is 5.92 Å². The van der Waals surface area contributed by atoms with Crippen LogP contribution in [0.2, 0.25) is 0 Å². The van der Waals surface area contributed by atoms with Gasteiger partial charge in [0.1, 0.15) is 0 Å². The SMILES string of the molecule is CCCCN1CC[C@H]2CCCC[C@H]21.